The number of amides is 1. The Balaban J connectivity index is 1.43. The number of ether oxygens (including phenoxy) is 1. The van der Waals surface area contributed by atoms with Crippen molar-refractivity contribution in [3.8, 4) is 5.75 Å². The summed E-state index contributed by atoms with van der Waals surface area (Å²) in [6.45, 7) is 0.256. The Morgan fingerprint density at radius 1 is 1.03 bits per heavy atom. The molecule has 2 N–H and O–H groups in total. The fraction of sp³-hybridized carbons (Fsp3) is 0.130. The molecule has 6 heteroatoms. The van der Waals surface area contributed by atoms with Crippen molar-refractivity contribution in [1.82, 2.24) is 15.3 Å². The van der Waals surface area contributed by atoms with Crippen LogP contribution in [0.2, 0.25) is 0 Å². The van der Waals surface area contributed by atoms with Crippen LogP contribution in [0.25, 0.3) is 0 Å². The van der Waals surface area contributed by atoms with Crippen LogP contribution in [0.1, 0.15) is 33.7 Å². The third-order valence-corrected chi connectivity index (χ3v) is 4.47. The molecule has 0 aliphatic carbocycles. The molecule has 29 heavy (non-hydrogen) atoms. The van der Waals surface area contributed by atoms with E-state index in [1.807, 2.05) is 60.7 Å². The maximum absolute atomic E-state index is 12.8. The SMILES string of the molecule is O=C(N[C@@H](Cc1ncc[nH]1)c1ccccc1)c1ccc(COc2ccccc2)o1. The predicted octanol–water partition coefficient (Wildman–Crippen LogP) is 4.30. The van der Waals surface area contributed by atoms with Crippen molar-refractivity contribution in [1.29, 1.82) is 0 Å². The molecule has 0 saturated heterocycles. The highest BCUT2D eigenvalue weighted by Gasteiger charge is 2.19. The van der Waals surface area contributed by atoms with Crippen molar-refractivity contribution in [2.24, 2.45) is 0 Å². The highest BCUT2D eigenvalue weighted by atomic mass is 16.5. The van der Waals surface area contributed by atoms with Crippen LogP contribution in [-0.2, 0) is 13.0 Å². The molecule has 0 fully saturated rings. The lowest BCUT2D eigenvalue weighted by atomic mass is 10.0. The first-order valence-corrected chi connectivity index (χ1v) is 9.38. The fourth-order valence-electron chi connectivity index (χ4n) is 3.02. The van der Waals surface area contributed by atoms with Gasteiger partial charge in [0.05, 0.1) is 6.04 Å². The quantitative estimate of drug-likeness (QED) is 0.472. The summed E-state index contributed by atoms with van der Waals surface area (Å²) in [6.07, 6.45) is 4.02. The molecule has 1 atom stereocenters. The Kier molecular flexibility index (Phi) is 5.71. The van der Waals surface area contributed by atoms with Crippen molar-refractivity contribution in [2.45, 2.75) is 19.1 Å². The zero-order chi connectivity index (χ0) is 19.9. The number of aromatic amines is 1. The van der Waals surface area contributed by atoms with Gasteiger partial charge in [-0.15, -0.1) is 0 Å². The van der Waals surface area contributed by atoms with Crippen molar-refractivity contribution >= 4 is 5.91 Å². The van der Waals surface area contributed by atoms with Crippen molar-refractivity contribution in [2.75, 3.05) is 0 Å². The summed E-state index contributed by atoms with van der Waals surface area (Å²) in [6, 6.07) is 22.5. The number of rotatable bonds is 8. The van der Waals surface area contributed by atoms with Gasteiger partial charge in [-0.1, -0.05) is 48.5 Å². The van der Waals surface area contributed by atoms with Gasteiger partial charge in [-0.2, -0.15) is 0 Å². The molecule has 0 aliphatic rings. The van der Waals surface area contributed by atoms with E-state index in [0.717, 1.165) is 17.1 Å². The zero-order valence-corrected chi connectivity index (χ0v) is 15.7. The monoisotopic (exact) mass is 387 g/mol. The largest absolute Gasteiger partial charge is 0.486 e. The van der Waals surface area contributed by atoms with E-state index in [9.17, 15) is 4.79 Å². The molecule has 0 bridgehead atoms. The molecule has 0 spiro atoms. The topological polar surface area (TPSA) is 80.2 Å². The average molecular weight is 387 g/mol. The molecule has 2 aromatic heterocycles. The maximum Gasteiger partial charge on any atom is 0.287 e. The molecule has 0 saturated carbocycles. The summed E-state index contributed by atoms with van der Waals surface area (Å²) in [7, 11) is 0. The zero-order valence-electron chi connectivity index (χ0n) is 15.7. The molecule has 0 aliphatic heterocycles. The Bertz CT molecular complexity index is 1030. The molecule has 6 nitrogen and oxygen atoms in total. The summed E-state index contributed by atoms with van der Waals surface area (Å²) < 4.78 is 11.3. The number of nitrogens with zero attached hydrogens (tertiary/aromatic N) is 1. The Labute approximate surface area is 168 Å². The van der Waals surface area contributed by atoms with Crippen LogP contribution in [0.3, 0.4) is 0 Å². The smallest absolute Gasteiger partial charge is 0.287 e. The maximum atomic E-state index is 12.8. The van der Waals surface area contributed by atoms with Gasteiger partial charge in [0, 0.05) is 18.8 Å². The van der Waals surface area contributed by atoms with E-state index in [0.29, 0.717) is 12.2 Å². The average Bonchev–Trinajstić information content (AvgIpc) is 3.45. The molecule has 0 radical (unpaired) electrons. The second-order valence-corrected chi connectivity index (χ2v) is 6.54. The van der Waals surface area contributed by atoms with E-state index < -0.39 is 0 Å². The summed E-state index contributed by atoms with van der Waals surface area (Å²) >= 11 is 0. The number of imidazole rings is 1. The normalized spacial score (nSPS) is 11.7. The number of nitrogens with one attached hydrogen (secondary N) is 2. The summed E-state index contributed by atoms with van der Waals surface area (Å²) in [4.78, 5) is 20.1. The standard InChI is InChI=1S/C23H21N3O3/c27-23(21-12-11-19(29-21)16-28-18-9-5-2-6-10-18)26-20(15-22-24-13-14-25-22)17-7-3-1-4-8-17/h1-14,20H,15-16H2,(H,24,25)(H,26,27)/t20-/m0/s1. The lowest BCUT2D eigenvalue weighted by Crippen LogP contribution is -2.30. The third-order valence-electron chi connectivity index (χ3n) is 4.47. The highest BCUT2D eigenvalue weighted by Crippen LogP contribution is 2.19. The van der Waals surface area contributed by atoms with Crippen LogP contribution in [0.5, 0.6) is 5.75 Å². The van der Waals surface area contributed by atoms with Crippen molar-refractivity contribution in [3.63, 3.8) is 0 Å². The first kappa shape index (κ1) is 18.6. The number of hydrogen-bond donors (Lipinski definition) is 2. The van der Waals surface area contributed by atoms with E-state index >= 15 is 0 Å². The highest BCUT2D eigenvalue weighted by molar-refractivity contribution is 5.91. The summed E-state index contributed by atoms with van der Waals surface area (Å²) in [5, 5.41) is 3.04. The minimum absolute atomic E-state index is 0.232. The van der Waals surface area contributed by atoms with Crippen LogP contribution < -0.4 is 10.1 Å². The summed E-state index contributed by atoms with van der Waals surface area (Å²) in [5.41, 5.74) is 0.997. The number of furan rings is 1. The molecule has 1 amide bonds. The van der Waals surface area contributed by atoms with Crippen LogP contribution in [-0.4, -0.2) is 15.9 Å². The van der Waals surface area contributed by atoms with Crippen LogP contribution >= 0.6 is 0 Å². The van der Waals surface area contributed by atoms with Gasteiger partial charge in [0.15, 0.2) is 5.76 Å². The number of para-hydroxylation sites is 1. The Hall–Kier alpha value is -3.80. The molecular weight excluding hydrogens is 366 g/mol. The molecule has 146 valence electrons. The van der Waals surface area contributed by atoms with E-state index in [-0.39, 0.29) is 24.3 Å². The van der Waals surface area contributed by atoms with Gasteiger partial charge in [0.25, 0.3) is 5.91 Å². The van der Waals surface area contributed by atoms with Gasteiger partial charge in [-0.25, -0.2) is 4.98 Å². The number of hydrogen-bond acceptors (Lipinski definition) is 4. The van der Waals surface area contributed by atoms with Gasteiger partial charge in [0.1, 0.15) is 23.9 Å². The second kappa shape index (κ2) is 8.93. The second-order valence-electron chi connectivity index (χ2n) is 6.54. The number of H-pyrrole nitrogens is 1. The minimum atomic E-state index is -0.281. The van der Waals surface area contributed by atoms with E-state index in [1.165, 1.54) is 0 Å². The van der Waals surface area contributed by atoms with Crippen LogP contribution in [0, 0.1) is 0 Å². The molecule has 4 rings (SSSR count). The van der Waals surface area contributed by atoms with Gasteiger partial charge in [0.2, 0.25) is 0 Å². The molecule has 0 unspecified atom stereocenters. The van der Waals surface area contributed by atoms with Gasteiger partial charge < -0.3 is 19.5 Å². The third kappa shape index (κ3) is 4.93. The Morgan fingerprint density at radius 2 is 1.79 bits per heavy atom. The lowest BCUT2D eigenvalue weighted by Gasteiger charge is -2.17. The molecular formula is C23H21N3O3. The number of carbonyl (C=O) groups excluding carboxylic acids is 1. The van der Waals surface area contributed by atoms with Gasteiger partial charge in [-0.3, -0.25) is 4.79 Å². The number of aromatic nitrogens is 2. The first-order chi connectivity index (χ1) is 14.3. The van der Waals surface area contributed by atoms with E-state index in [2.05, 4.69) is 15.3 Å². The van der Waals surface area contributed by atoms with Gasteiger partial charge >= 0.3 is 0 Å². The molecule has 2 aromatic carbocycles. The van der Waals surface area contributed by atoms with Gasteiger partial charge in [-0.05, 0) is 29.8 Å². The van der Waals surface area contributed by atoms with E-state index in [4.69, 9.17) is 9.15 Å². The Morgan fingerprint density at radius 3 is 2.52 bits per heavy atom. The summed E-state index contributed by atoms with van der Waals surface area (Å²) in [5.74, 6) is 2.10. The van der Waals surface area contributed by atoms with Crippen LogP contribution in [0.4, 0.5) is 0 Å². The molecule has 4 aromatic rings. The van der Waals surface area contributed by atoms with Crippen molar-refractivity contribution in [3.05, 3.63) is 108 Å². The fourth-order valence-corrected chi connectivity index (χ4v) is 3.02. The molecule has 2 heterocycles. The lowest BCUT2D eigenvalue weighted by molar-refractivity contribution is 0.0904. The first-order valence-electron chi connectivity index (χ1n) is 9.38. The minimum Gasteiger partial charge on any atom is -0.486 e. The predicted molar refractivity (Wildman–Crippen MR) is 108 cm³/mol. The van der Waals surface area contributed by atoms with Crippen LogP contribution in [0.15, 0.2) is 89.6 Å². The van der Waals surface area contributed by atoms with E-state index in [1.54, 1.807) is 24.5 Å². The number of benzene rings is 2. The number of carbonyl (C=O) groups is 1. The van der Waals surface area contributed by atoms with Crippen molar-refractivity contribution < 1.29 is 13.9 Å².